The molecule has 546 valence electrons. The van der Waals surface area contributed by atoms with Crippen molar-refractivity contribution in [2.24, 2.45) is 5.73 Å². The fraction of sp³-hybridized carbons (Fsp3) is 0.421. The average Bonchev–Trinajstić information content (AvgIpc) is 0.907. The third kappa shape index (κ3) is 21.3. The van der Waals surface area contributed by atoms with Crippen molar-refractivity contribution in [2.45, 2.75) is 142 Å². The Hall–Kier alpha value is -10.2. The van der Waals surface area contributed by atoms with Gasteiger partial charge in [0, 0.05) is 107 Å². The number of anilines is 6. The number of benzene rings is 3. The van der Waals surface area contributed by atoms with Crippen LogP contribution in [0.1, 0.15) is 187 Å². The number of aromatic nitrogens is 9. The summed E-state index contributed by atoms with van der Waals surface area (Å²) in [7, 11) is 3.72. The van der Waals surface area contributed by atoms with Gasteiger partial charge in [0.1, 0.15) is 52.5 Å². The molecule has 29 heteroatoms. The Balaban J connectivity index is 0.000000167. The summed E-state index contributed by atoms with van der Waals surface area (Å²) >= 11 is 19.2. The molecule has 9 heterocycles. The minimum Gasteiger partial charge on any atom is -0.354 e. The van der Waals surface area contributed by atoms with E-state index in [-0.39, 0.29) is 80.1 Å². The lowest BCUT2D eigenvalue weighted by Crippen LogP contribution is -2.49. The third-order valence-corrected chi connectivity index (χ3v) is 20.3. The molecular weight excluding hydrogens is 1410 g/mol. The second kappa shape index (κ2) is 37.5. The lowest BCUT2D eigenvalue weighted by Gasteiger charge is -2.38. The topological polar surface area (TPSA) is 332 Å². The van der Waals surface area contributed by atoms with Crippen molar-refractivity contribution in [1.29, 1.82) is 21.0 Å². The van der Waals surface area contributed by atoms with E-state index < -0.39 is 0 Å². The summed E-state index contributed by atoms with van der Waals surface area (Å²) < 4.78 is 4.26. The fourth-order valence-electron chi connectivity index (χ4n) is 12.5. The number of carbonyl (C=O) groups is 3. The van der Waals surface area contributed by atoms with Gasteiger partial charge in [0.15, 0.2) is 44.1 Å². The van der Waals surface area contributed by atoms with Gasteiger partial charge in [-0.25, -0.2) is 39.9 Å². The number of likely N-dealkylation sites (N-methyl/N-ethyl adjacent to an activating group) is 2. The summed E-state index contributed by atoms with van der Waals surface area (Å²) in [6, 6.07) is 33.5. The first-order chi connectivity index (χ1) is 50.4. The van der Waals surface area contributed by atoms with E-state index in [1.54, 1.807) is 24.8 Å². The van der Waals surface area contributed by atoms with Crippen molar-refractivity contribution in [3.8, 4) is 24.3 Å². The van der Waals surface area contributed by atoms with Gasteiger partial charge < -0.3 is 45.8 Å². The molecule has 4 aliphatic heterocycles. The van der Waals surface area contributed by atoms with Crippen molar-refractivity contribution in [3.63, 3.8) is 0 Å². The van der Waals surface area contributed by atoms with Gasteiger partial charge in [-0.2, -0.15) is 25.4 Å². The first-order valence-electron chi connectivity index (χ1n) is 35.1. The molecule has 4 atom stereocenters. The van der Waals surface area contributed by atoms with Crippen molar-refractivity contribution in [2.75, 3.05) is 91.4 Å². The summed E-state index contributed by atoms with van der Waals surface area (Å²) in [4.78, 5) is 84.4. The molecule has 4 saturated heterocycles. The summed E-state index contributed by atoms with van der Waals surface area (Å²) in [6.45, 7) is 20.8. The van der Waals surface area contributed by atoms with Gasteiger partial charge >= 0.3 is 0 Å². The number of hydrogen-bond donors (Lipinski definition) is 3. The molecule has 4 aliphatic rings. The Morgan fingerprint density at radius 3 is 1.25 bits per heavy atom. The quantitative estimate of drug-likeness (QED) is 0.0858. The van der Waals surface area contributed by atoms with Crippen LogP contribution in [0.25, 0.3) is 0 Å². The highest BCUT2D eigenvalue weighted by Gasteiger charge is 2.31. The maximum Gasteiger partial charge on any atom is 0.253 e. The molecule has 12 rings (SSSR count). The molecule has 0 bridgehead atoms. The van der Waals surface area contributed by atoms with E-state index in [4.69, 9.17) is 61.3 Å². The molecule has 0 saturated carbocycles. The Bertz CT molecular complexity index is 4480. The highest BCUT2D eigenvalue weighted by atomic mass is 35.5. The lowest BCUT2D eigenvalue weighted by atomic mass is 10.0. The Labute approximate surface area is 633 Å². The molecule has 0 aliphatic carbocycles. The van der Waals surface area contributed by atoms with Crippen molar-refractivity contribution >= 4 is 98.1 Å². The Morgan fingerprint density at radius 2 is 0.876 bits per heavy atom. The van der Waals surface area contributed by atoms with Crippen LogP contribution >= 0.6 is 46.3 Å². The van der Waals surface area contributed by atoms with E-state index in [0.29, 0.717) is 83.2 Å². The second-order valence-electron chi connectivity index (χ2n) is 27.2. The maximum atomic E-state index is 13.1. The highest BCUT2D eigenvalue weighted by Crippen LogP contribution is 2.30. The molecule has 3 amide bonds. The van der Waals surface area contributed by atoms with Gasteiger partial charge in [-0.05, 0) is 147 Å². The van der Waals surface area contributed by atoms with Crippen LogP contribution in [0.2, 0.25) is 15.5 Å². The summed E-state index contributed by atoms with van der Waals surface area (Å²) in [5.41, 5.74) is 13.1. The molecule has 0 spiro atoms. The second-order valence-corrected chi connectivity index (χ2v) is 29.1. The smallest absolute Gasteiger partial charge is 0.253 e. The van der Waals surface area contributed by atoms with Gasteiger partial charge in [-0.3, -0.25) is 14.4 Å². The van der Waals surface area contributed by atoms with Crippen LogP contribution in [0.15, 0.2) is 104 Å². The van der Waals surface area contributed by atoms with E-state index in [1.165, 1.54) is 28.2 Å². The van der Waals surface area contributed by atoms with Gasteiger partial charge in [0.05, 0.1) is 30.5 Å². The monoisotopic (exact) mass is 1490 g/mol. The molecule has 5 aromatic heterocycles. The van der Waals surface area contributed by atoms with Gasteiger partial charge in [-0.1, -0.05) is 113 Å². The van der Waals surface area contributed by atoms with Crippen LogP contribution in [0.5, 0.6) is 0 Å². The number of carbonyl (C=O) groups excluding carboxylic acids is 3. The van der Waals surface area contributed by atoms with Crippen molar-refractivity contribution in [1.82, 2.24) is 59.4 Å². The molecule has 4 fully saturated rings. The molecule has 0 radical (unpaired) electrons. The number of rotatable bonds is 15. The van der Waals surface area contributed by atoms with E-state index in [1.807, 2.05) is 138 Å². The van der Waals surface area contributed by atoms with Gasteiger partial charge in [0.25, 0.3) is 17.7 Å². The number of nitrogens with one attached hydrogen (secondary N) is 2. The zero-order valence-corrected chi connectivity index (χ0v) is 63.6. The Morgan fingerprint density at radius 1 is 0.514 bits per heavy atom. The van der Waals surface area contributed by atoms with Crippen LogP contribution in [0.3, 0.4) is 0 Å². The zero-order chi connectivity index (χ0) is 75.4. The summed E-state index contributed by atoms with van der Waals surface area (Å²) in [5, 5.41) is 43.5. The van der Waals surface area contributed by atoms with Gasteiger partial charge in [0.2, 0.25) is 0 Å². The van der Waals surface area contributed by atoms with Gasteiger partial charge in [-0.15, -0.1) is 0 Å². The van der Waals surface area contributed by atoms with Crippen LogP contribution in [-0.2, 0) is 0 Å². The number of halogens is 3. The minimum absolute atomic E-state index is 0.0195. The molecule has 105 heavy (non-hydrogen) atoms. The number of nitrogens with zero attached hydrogens (tertiary/aromatic N) is 19. The number of amides is 3. The van der Waals surface area contributed by atoms with Crippen LogP contribution in [0, 0.1) is 52.2 Å². The summed E-state index contributed by atoms with van der Waals surface area (Å²) in [6.07, 6.45) is 14.0. The minimum atomic E-state index is -0.0684. The third-order valence-electron chi connectivity index (χ3n) is 18.7. The fourth-order valence-corrected chi connectivity index (χ4v) is 13.7. The SMILES string of the molecule is CC(C)c1ccc(C(=O)N(C)[C@@H]2CCCN(c3cnc(C#N)c(Cl)n3)C2)cc1.CC(C)c1ccc(C(=O)N[C@@H]2CCCN(c3cnc(C#N)c(Cl)n3)C2)cc1.Cc1cc(Nc2nc(N3CCC[C@@H](N(C)C(=O)c4ccc(C(C)C)cc4)C3)cnc2C#N)sn1.N#Cc1ncc(N2CCC[C@@H](N)C2)nc1Cl. The Kier molecular flexibility index (Phi) is 28.2. The molecule has 0 unspecified atom stereocenters. The number of nitriles is 4. The van der Waals surface area contributed by atoms with Crippen molar-refractivity contribution < 1.29 is 14.4 Å². The normalized spacial score (nSPS) is 17.0. The number of aryl methyl sites for hydroxylation is 1. The van der Waals surface area contributed by atoms with Crippen LogP contribution in [0.4, 0.5) is 34.1 Å². The van der Waals surface area contributed by atoms with Crippen molar-refractivity contribution in [3.05, 3.63) is 181 Å². The molecule has 4 N–H and O–H groups in total. The van der Waals surface area contributed by atoms with Crippen LogP contribution < -0.4 is 36.0 Å². The lowest BCUT2D eigenvalue weighted by molar-refractivity contribution is 0.0709. The highest BCUT2D eigenvalue weighted by molar-refractivity contribution is 7.10. The predicted molar refractivity (Wildman–Crippen MR) is 411 cm³/mol. The summed E-state index contributed by atoms with van der Waals surface area (Å²) in [5.74, 6) is 4.35. The molecular formula is C76H87Cl3N22O3S. The maximum absolute atomic E-state index is 13.1. The van der Waals surface area contributed by atoms with E-state index >= 15 is 0 Å². The molecule has 8 aromatic rings. The largest absolute Gasteiger partial charge is 0.354 e. The number of piperidine rings is 4. The molecule has 3 aromatic carbocycles. The number of nitrogens with two attached hydrogens (primary N) is 1. The van der Waals surface area contributed by atoms with E-state index in [2.05, 4.69) is 107 Å². The molecule has 25 nitrogen and oxygen atoms in total. The first kappa shape index (κ1) is 78.9. The zero-order valence-electron chi connectivity index (χ0n) is 60.5. The predicted octanol–water partition coefficient (Wildman–Crippen LogP) is 13.0. The first-order valence-corrected chi connectivity index (χ1v) is 37.0. The average molecular weight is 1500 g/mol. The van der Waals surface area contributed by atoms with E-state index in [9.17, 15) is 19.6 Å². The standard InChI is InChI=1S/C25H29N7OS.C21H24ClN5O.C20H22ClN5O.C10H12ClN5/c1-16(2)18-7-9-19(10-8-18)25(33)31(4)20-6-5-11-32(15-20)22-14-27-21(13-26)24(28-22)29-23-12-17(3)30-34-23;1-14(2)15-6-8-16(9-7-15)21(28)26(3)17-5-4-10-27(13-17)19-12-24-18(11-23)20(22)25-19;1-13(2)14-5-7-15(8-6-14)20(27)24-16-4-3-9-26(12-16)18-11-23-17(10-22)19(21)25-18;11-10-8(4-12)14-5-9(15-10)16-3-1-2-7(13)6-16/h7-10,12,14,16,20H,5-6,11,15H2,1-4H3,(H,28,29);6-9,12,14,17H,4-5,10,13H2,1-3H3;5-8,11,13,16H,3-4,9,12H2,1-2H3,(H,24,27);5,7H,1-3,6,13H2/t20-;17-;16-;7-/m1111/s1. The van der Waals surface area contributed by atoms with E-state index in [0.717, 1.165) is 94.8 Å². The van der Waals surface area contributed by atoms with Crippen LogP contribution in [-0.4, -0.2) is 162 Å². The number of hydrogen-bond acceptors (Lipinski definition) is 23.